The standard InChI is InChI=1S/C22H20N6O2/c23-12-16-4-3-5-17(10-16)22(30)27-14-19-7-9-26-28(19)20(15-27)11-21(29)25-13-18-6-1-2-8-24-18/h1-10,20H,11,13-15H2,(H,25,29)/t20-/m1/s1. The highest BCUT2D eigenvalue weighted by Crippen LogP contribution is 2.24. The van der Waals surface area contributed by atoms with Gasteiger partial charge in [-0.2, -0.15) is 10.4 Å². The lowest BCUT2D eigenvalue weighted by molar-refractivity contribution is -0.122. The van der Waals surface area contributed by atoms with E-state index in [2.05, 4.69) is 21.5 Å². The Kier molecular flexibility index (Phi) is 5.52. The first-order chi connectivity index (χ1) is 14.6. The van der Waals surface area contributed by atoms with Gasteiger partial charge in [0.1, 0.15) is 0 Å². The minimum Gasteiger partial charge on any atom is -0.350 e. The molecule has 1 N–H and O–H groups in total. The van der Waals surface area contributed by atoms with Crippen molar-refractivity contribution in [3.05, 3.63) is 83.4 Å². The molecule has 0 saturated carbocycles. The highest BCUT2D eigenvalue weighted by molar-refractivity contribution is 5.94. The van der Waals surface area contributed by atoms with Crippen molar-refractivity contribution in [2.75, 3.05) is 6.54 Å². The minimum atomic E-state index is -0.268. The first-order valence-electron chi connectivity index (χ1n) is 9.62. The van der Waals surface area contributed by atoms with E-state index >= 15 is 0 Å². The fourth-order valence-electron chi connectivity index (χ4n) is 3.58. The number of nitrogens with one attached hydrogen (secondary N) is 1. The maximum atomic E-state index is 13.0. The Morgan fingerprint density at radius 2 is 2.07 bits per heavy atom. The molecule has 3 aromatic rings. The van der Waals surface area contributed by atoms with Crippen LogP contribution in [0.4, 0.5) is 0 Å². The number of pyridine rings is 1. The zero-order valence-corrected chi connectivity index (χ0v) is 16.2. The Labute approximate surface area is 173 Å². The van der Waals surface area contributed by atoms with E-state index in [0.717, 1.165) is 11.4 Å². The fraction of sp³-hybridized carbons (Fsp3) is 0.227. The van der Waals surface area contributed by atoms with Crippen LogP contribution in [-0.2, 0) is 17.9 Å². The maximum Gasteiger partial charge on any atom is 0.254 e. The van der Waals surface area contributed by atoms with Gasteiger partial charge in [0, 0.05) is 24.5 Å². The molecule has 150 valence electrons. The molecule has 0 spiro atoms. The van der Waals surface area contributed by atoms with Gasteiger partial charge in [-0.15, -0.1) is 0 Å². The van der Waals surface area contributed by atoms with E-state index in [0.29, 0.717) is 30.8 Å². The average molecular weight is 400 g/mol. The molecule has 1 aliphatic rings. The number of amides is 2. The molecular formula is C22H20N6O2. The number of carbonyl (C=O) groups is 2. The lowest BCUT2D eigenvalue weighted by atomic mass is 10.1. The molecule has 0 fully saturated rings. The second-order valence-corrected chi connectivity index (χ2v) is 7.10. The van der Waals surface area contributed by atoms with Crippen molar-refractivity contribution in [3.8, 4) is 6.07 Å². The van der Waals surface area contributed by atoms with Gasteiger partial charge in [-0.05, 0) is 36.4 Å². The first kappa shape index (κ1) is 19.3. The summed E-state index contributed by atoms with van der Waals surface area (Å²) in [7, 11) is 0. The summed E-state index contributed by atoms with van der Waals surface area (Å²) in [5.41, 5.74) is 2.55. The maximum absolute atomic E-state index is 13.0. The lowest BCUT2D eigenvalue weighted by Crippen LogP contribution is -2.43. The number of nitriles is 1. The van der Waals surface area contributed by atoms with Crippen LogP contribution in [0.3, 0.4) is 0 Å². The Morgan fingerprint density at radius 3 is 2.87 bits per heavy atom. The third kappa shape index (κ3) is 4.20. The van der Waals surface area contributed by atoms with Crippen LogP contribution in [-0.4, -0.2) is 38.0 Å². The molecule has 2 amide bonds. The minimum absolute atomic E-state index is 0.132. The predicted octanol–water partition coefficient (Wildman–Crippen LogP) is 2.05. The van der Waals surface area contributed by atoms with Crippen LogP contribution in [0.5, 0.6) is 0 Å². The van der Waals surface area contributed by atoms with Crippen molar-refractivity contribution < 1.29 is 9.59 Å². The van der Waals surface area contributed by atoms with Crippen LogP contribution in [0.15, 0.2) is 60.9 Å². The quantitative estimate of drug-likeness (QED) is 0.706. The molecule has 3 heterocycles. The summed E-state index contributed by atoms with van der Waals surface area (Å²) in [5.74, 6) is -0.300. The number of fused-ring (bicyclic) bond motifs is 1. The number of hydrogen-bond acceptors (Lipinski definition) is 5. The summed E-state index contributed by atoms with van der Waals surface area (Å²) < 4.78 is 1.82. The summed E-state index contributed by atoms with van der Waals surface area (Å²) in [4.78, 5) is 31.4. The molecule has 1 aliphatic heterocycles. The molecule has 0 saturated heterocycles. The molecule has 2 aromatic heterocycles. The van der Waals surface area contributed by atoms with E-state index in [1.54, 1.807) is 41.6 Å². The Balaban J connectivity index is 1.46. The molecule has 1 aromatic carbocycles. The van der Waals surface area contributed by atoms with Crippen molar-refractivity contribution in [2.24, 2.45) is 0 Å². The van der Waals surface area contributed by atoms with E-state index in [9.17, 15) is 9.59 Å². The average Bonchev–Trinajstić information content (AvgIpc) is 3.27. The highest BCUT2D eigenvalue weighted by Gasteiger charge is 2.30. The van der Waals surface area contributed by atoms with Gasteiger partial charge < -0.3 is 10.2 Å². The SMILES string of the molecule is N#Cc1cccc(C(=O)N2Cc3ccnn3[C@H](CC(=O)NCc3ccccn3)C2)c1. The van der Waals surface area contributed by atoms with Crippen LogP contribution < -0.4 is 5.32 Å². The predicted molar refractivity (Wildman–Crippen MR) is 108 cm³/mol. The Bertz CT molecular complexity index is 1100. The normalized spacial score (nSPS) is 15.2. The fourth-order valence-corrected chi connectivity index (χ4v) is 3.58. The van der Waals surface area contributed by atoms with Gasteiger partial charge in [0.05, 0.1) is 48.6 Å². The summed E-state index contributed by atoms with van der Waals surface area (Å²) in [6.07, 6.45) is 3.56. The summed E-state index contributed by atoms with van der Waals surface area (Å²) in [5, 5.41) is 16.3. The van der Waals surface area contributed by atoms with Gasteiger partial charge in [0.2, 0.25) is 5.91 Å². The second kappa shape index (κ2) is 8.57. The monoisotopic (exact) mass is 400 g/mol. The highest BCUT2D eigenvalue weighted by atomic mass is 16.2. The number of carbonyl (C=O) groups excluding carboxylic acids is 2. The third-order valence-corrected chi connectivity index (χ3v) is 5.02. The summed E-state index contributed by atoms with van der Waals surface area (Å²) in [6, 6.07) is 15.8. The first-order valence-corrected chi connectivity index (χ1v) is 9.62. The van der Waals surface area contributed by atoms with E-state index in [1.807, 2.05) is 28.9 Å². The van der Waals surface area contributed by atoms with Crippen molar-refractivity contribution in [3.63, 3.8) is 0 Å². The smallest absolute Gasteiger partial charge is 0.254 e. The number of aromatic nitrogens is 3. The summed E-state index contributed by atoms with van der Waals surface area (Å²) >= 11 is 0. The van der Waals surface area contributed by atoms with Gasteiger partial charge in [0.25, 0.3) is 5.91 Å². The zero-order valence-electron chi connectivity index (χ0n) is 16.2. The molecule has 0 bridgehead atoms. The zero-order chi connectivity index (χ0) is 20.9. The topological polar surface area (TPSA) is 104 Å². The van der Waals surface area contributed by atoms with Crippen LogP contribution in [0.2, 0.25) is 0 Å². The Hall–Kier alpha value is -3.99. The molecular weight excluding hydrogens is 380 g/mol. The molecule has 0 unspecified atom stereocenters. The largest absolute Gasteiger partial charge is 0.350 e. The van der Waals surface area contributed by atoms with Crippen molar-refractivity contribution in [1.82, 2.24) is 25.0 Å². The number of rotatable bonds is 5. The van der Waals surface area contributed by atoms with E-state index in [1.165, 1.54) is 0 Å². The van der Waals surface area contributed by atoms with Gasteiger partial charge in [-0.1, -0.05) is 12.1 Å². The lowest BCUT2D eigenvalue weighted by Gasteiger charge is -2.33. The van der Waals surface area contributed by atoms with Gasteiger partial charge in [-0.25, -0.2) is 0 Å². The molecule has 1 atom stereocenters. The molecule has 30 heavy (non-hydrogen) atoms. The van der Waals surface area contributed by atoms with Crippen LogP contribution in [0, 0.1) is 11.3 Å². The van der Waals surface area contributed by atoms with E-state index in [-0.39, 0.29) is 24.3 Å². The van der Waals surface area contributed by atoms with Crippen LogP contribution in [0.25, 0.3) is 0 Å². The molecule has 0 aliphatic carbocycles. The van der Waals surface area contributed by atoms with E-state index in [4.69, 9.17) is 5.26 Å². The van der Waals surface area contributed by atoms with Crippen LogP contribution in [0.1, 0.15) is 39.8 Å². The van der Waals surface area contributed by atoms with Crippen molar-refractivity contribution >= 4 is 11.8 Å². The number of hydrogen-bond donors (Lipinski definition) is 1. The second-order valence-electron chi connectivity index (χ2n) is 7.10. The molecule has 8 nitrogen and oxygen atoms in total. The summed E-state index contributed by atoms with van der Waals surface area (Å²) in [6.45, 7) is 1.12. The molecule has 0 radical (unpaired) electrons. The molecule has 8 heteroatoms. The van der Waals surface area contributed by atoms with Gasteiger partial charge in [0.15, 0.2) is 0 Å². The van der Waals surface area contributed by atoms with Crippen LogP contribution >= 0.6 is 0 Å². The molecule has 4 rings (SSSR count). The van der Waals surface area contributed by atoms with Gasteiger partial charge in [-0.3, -0.25) is 19.3 Å². The third-order valence-electron chi connectivity index (χ3n) is 5.02. The van der Waals surface area contributed by atoms with Gasteiger partial charge >= 0.3 is 0 Å². The van der Waals surface area contributed by atoms with Crippen molar-refractivity contribution in [2.45, 2.75) is 25.6 Å². The van der Waals surface area contributed by atoms with E-state index < -0.39 is 0 Å². The number of nitrogens with zero attached hydrogens (tertiary/aromatic N) is 5. The Morgan fingerprint density at radius 1 is 1.17 bits per heavy atom. The van der Waals surface area contributed by atoms with Crippen molar-refractivity contribution in [1.29, 1.82) is 5.26 Å². The number of benzene rings is 1.